The molecule has 24 heavy (non-hydrogen) atoms. The van der Waals surface area contributed by atoms with Crippen molar-refractivity contribution < 1.29 is 4.79 Å². The van der Waals surface area contributed by atoms with E-state index in [0.29, 0.717) is 5.56 Å². The second kappa shape index (κ2) is 7.73. The first kappa shape index (κ1) is 16.2. The van der Waals surface area contributed by atoms with Crippen molar-refractivity contribution in [3.63, 3.8) is 0 Å². The third-order valence-electron chi connectivity index (χ3n) is 3.04. The van der Waals surface area contributed by atoms with E-state index in [4.69, 9.17) is 5.26 Å². The van der Waals surface area contributed by atoms with Crippen LogP contribution in [0, 0.1) is 11.3 Å². The van der Waals surface area contributed by atoms with Gasteiger partial charge < -0.3 is 0 Å². The van der Waals surface area contributed by atoms with Gasteiger partial charge in [-0.25, -0.2) is 10.4 Å². The molecule has 7 heteroatoms. The van der Waals surface area contributed by atoms with Crippen molar-refractivity contribution in [3.05, 3.63) is 59.7 Å². The van der Waals surface area contributed by atoms with Gasteiger partial charge in [0.25, 0.3) is 5.91 Å². The second-order valence-corrected chi connectivity index (χ2v) is 7.02. The molecule has 1 heterocycles. The number of nitrogens with one attached hydrogen (secondary N) is 1. The molecule has 3 rings (SSSR count). The maximum Gasteiger partial charge on any atom is 0.250 e. The number of hydrazone groups is 1. The number of thioether (sulfide) groups is 1. The van der Waals surface area contributed by atoms with Gasteiger partial charge in [-0.05, 0) is 29.8 Å². The lowest BCUT2D eigenvalue weighted by molar-refractivity contribution is -0.118. The Hall–Kier alpha value is -2.69. The van der Waals surface area contributed by atoms with Gasteiger partial charge >= 0.3 is 0 Å². The fourth-order valence-corrected chi connectivity index (χ4v) is 3.76. The number of nitrogens with zero attached hydrogens (tertiary/aromatic N) is 3. The number of rotatable bonds is 5. The Balaban J connectivity index is 1.50. The Morgan fingerprint density at radius 1 is 1.29 bits per heavy atom. The van der Waals surface area contributed by atoms with Gasteiger partial charge in [0.15, 0.2) is 4.34 Å². The second-order valence-electron chi connectivity index (χ2n) is 4.76. The van der Waals surface area contributed by atoms with Crippen LogP contribution in [0.3, 0.4) is 0 Å². The summed E-state index contributed by atoms with van der Waals surface area (Å²) in [5, 5.41) is 12.6. The number of hydrogen-bond acceptors (Lipinski definition) is 6. The predicted molar refractivity (Wildman–Crippen MR) is 97.2 cm³/mol. The van der Waals surface area contributed by atoms with Crippen LogP contribution in [-0.2, 0) is 4.79 Å². The van der Waals surface area contributed by atoms with Gasteiger partial charge in [-0.2, -0.15) is 10.4 Å². The third-order valence-corrected chi connectivity index (χ3v) is 5.22. The summed E-state index contributed by atoms with van der Waals surface area (Å²) in [5.41, 5.74) is 4.83. The van der Waals surface area contributed by atoms with E-state index in [-0.39, 0.29) is 11.7 Å². The summed E-state index contributed by atoms with van der Waals surface area (Å²) in [6.45, 7) is 0. The number of nitriles is 1. The summed E-state index contributed by atoms with van der Waals surface area (Å²) in [6, 6.07) is 16.9. The summed E-state index contributed by atoms with van der Waals surface area (Å²) in [6.07, 6.45) is 1.54. The average Bonchev–Trinajstić information content (AvgIpc) is 3.03. The van der Waals surface area contributed by atoms with E-state index in [2.05, 4.69) is 15.5 Å². The van der Waals surface area contributed by atoms with Crippen molar-refractivity contribution in [2.45, 2.75) is 4.34 Å². The summed E-state index contributed by atoms with van der Waals surface area (Å²) in [5.74, 6) is 0.0639. The smallest absolute Gasteiger partial charge is 0.250 e. The van der Waals surface area contributed by atoms with Crippen LogP contribution in [-0.4, -0.2) is 22.9 Å². The molecule has 0 fully saturated rings. The Bertz CT molecular complexity index is 893. The fourth-order valence-electron chi connectivity index (χ4n) is 1.89. The Labute approximate surface area is 147 Å². The van der Waals surface area contributed by atoms with E-state index in [1.807, 2.05) is 30.3 Å². The number of hydrogen-bond donors (Lipinski definition) is 1. The summed E-state index contributed by atoms with van der Waals surface area (Å²) in [4.78, 5) is 16.3. The zero-order valence-corrected chi connectivity index (χ0v) is 14.1. The normalized spacial score (nSPS) is 10.8. The predicted octanol–water partition coefficient (Wildman–Crippen LogP) is 3.41. The van der Waals surface area contributed by atoms with E-state index < -0.39 is 0 Å². The maximum absolute atomic E-state index is 11.8. The van der Waals surface area contributed by atoms with Gasteiger partial charge in [0.1, 0.15) is 0 Å². The molecule has 1 aromatic heterocycles. The zero-order chi connectivity index (χ0) is 16.8. The lowest BCUT2D eigenvalue weighted by Gasteiger charge is -1.97. The highest BCUT2D eigenvalue weighted by Crippen LogP contribution is 2.28. The van der Waals surface area contributed by atoms with E-state index in [0.717, 1.165) is 20.1 Å². The van der Waals surface area contributed by atoms with Crippen LogP contribution in [0.25, 0.3) is 10.2 Å². The molecular weight excluding hydrogens is 340 g/mol. The topological polar surface area (TPSA) is 78.1 Å². The van der Waals surface area contributed by atoms with Crippen molar-refractivity contribution in [1.29, 1.82) is 5.26 Å². The number of aromatic nitrogens is 1. The highest BCUT2D eigenvalue weighted by Gasteiger charge is 2.06. The molecule has 1 amide bonds. The van der Waals surface area contributed by atoms with Crippen LogP contribution < -0.4 is 5.43 Å². The lowest BCUT2D eigenvalue weighted by atomic mass is 10.2. The summed E-state index contributed by atoms with van der Waals surface area (Å²) < 4.78 is 1.97. The van der Waals surface area contributed by atoms with Crippen molar-refractivity contribution in [3.8, 4) is 6.07 Å². The van der Waals surface area contributed by atoms with Crippen LogP contribution in [0.5, 0.6) is 0 Å². The Kier molecular flexibility index (Phi) is 5.21. The van der Waals surface area contributed by atoms with Crippen molar-refractivity contribution in [2.75, 3.05) is 5.75 Å². The van der Waals surface area contributed by atoms with E-state index in [1.54, 1.807) is 41.8 Å². The van der Waals surface area contributed by atoms with Gasteiger partial charge in [0, 0.05) is 0 Å². The first-order valence-corrected chi connectivity index (χ1v) is 8.85. The number of thiazole rings is 1. The van der Waals surface area contributed by atoms with E-state index >= 15 is 0 Å². The quantitative estimate of drug-likeness (QED) is 0.434. The highest BCUT2D eigenvalue weighted by molar-refractivity contribution is 8.01. The van der Waals surface area contributed by atoms with E-state index in [1.165, 1.54) is 11.8 Å². The monoisotopic (exact) mass is 352 g/mol. The molecule has 0 saturated heterocycles. The molecule has 2 aromatic carbocycles. The maximum atomic E-state index is 11.8. The standard InChI is InChI=1S/C17H12N4OS2/c18-9-12-5-7-13(8-6-12)10-19-21-16(22)11-23-17-20-14-3-1-2-4-15(14)24-17/h1-8,10H,11H2,(H,21,22)/b19-10+. The van der Waals surface area contributed by atoms with Crippen molar-refractivity contribution in [2.24, 2.45) is 5.10 Å². The minimum atomic E-state index is -0.191. The molecule has 118 valence electrons. The average molecular weight is 352 g/mol. The fraction of sp³-hybridized carbons (Fsp3) is 0.0588. The van der Waals surface area contributed by atoms with Gasteiger partial charge in [-0.15, -0.1) is 11.3 Å². The molecule has 0 atom stereocenters. The largest absolute Gasteiger partial charge is 0.272 e. The number of para-hydroxylation sites is 1. The molecule has 0 aliphatic carbocycles. The molecule has 0 spiro atoms. The molecule has 0 aliphatic heterocycles. The van der Waals surface area contributed by atoms with Crippen molar-refractivity contribution >= 4 is 45.4 Å². The SMILES string of the molecule is N#Cc1ccc(/C=N/NC(=O)CSc2nc3ccccc3s2)cc1. The number of fused-ring (bicyclic) bond motifs is 1. The van der Waals surface area contributed by atoms with Crippen LogP contribution in [0.4, 0.5) is 0 Å². The van der Waals surface area contributed by atoms with Gasteiger partial charge in [0.2, 0.25) is 0 Å². The summed E-state index contributed by atoms with van der Waals surface area (Å²) in [7, 11) is 0. The molecule has 0 aliphatic rings. The van der Waals surface area contributed by atoms with Gasteiger partial charge in [-0.1, -0.05) is 36.0 Å². The van der Waals surface area contributed by atoms with Crippen LogP contribution in [0.15, 0.2) is 58.0 Å². The molecule has 5 nitrogen and oxygen atoms in total. The first-order chi connectivity index (χ1) is 11.7. The third kappa shape index (κ3) is 4.19. The first-order valence-electron chi connectivity index (χ1n) is 7.05. The van der Waals surface area contributed by atoms with Crippen LogP contribution in [0.2, 0.25) is 0 Å². The molecule has 0 unspecified atom stereocenters. The lowest BCUT2D eigenvalue weighted by Crippen LogP contribution is -2.19. The minimum Gasteiger partial charge on any atom is -0.272 e. The molecule has 0 saturated carbocycles. The van der Waals surface area contributed by atoms with Gasteiger partial charge in [-0.3, -0.25) is 4.79 Å². The van der Waals surface area contributed by atoms with E-state index in [9.17, 15) is 4.79 Å². The molecular formula is C17H12N4OS2. The number of carbonyl (C=O) groups excluding carboxylic acids is 1. The van der Waals surface area contributed by atoms with Crippen molar-refractivity contribution in [1.82, 2.24) is 10.4 Å². The van der Waals surface area contributed by atoms with Gasteiger partial charge in [0.05, 0.1) is 33.8 Å². The molecule has 1 N–H and O–H groups in total. The highest BCUT2D eigenvalue weighted by atomic mass is 32.2. The number of amides is 1. The minimum absolute atomic E-state index is 0.191. The molecule has 0 radical (unpaired) electrons. The number of carbonyl (C=O) groups is 1. The Morgan fingerprint density at radius 2 is 2.08 bits per heavy atom. The Morgan fingerprint density at radius 3 is 2.83 bits per heavy atom. The van der Waals surface area contributed by atoms with Crippen LogP contribution in [0.1, 0.15) is 11.1 Å². The zero-order valence-electron chi connectivity index (χ0n) is 12.5. The number of benzene rings is 2. The summed E-state index contributed by atoms with van der Waals surface area (Å²) >= 11 is 2.96. The molecule has 0 bridgehead atoms. The van der Waals surface area contributed by atoms with Crippen LogP contribution >= 0.6 is 23.1 Å². The molecule has 3 aromatic rings.